The number of rotatable bonds is 7. The van der Waals surface area contributed by atoms with Crippen LogP contribution in [0.15, 0.2) is 71.5 Å². The highest BCUT2D eigenvalue weighted by atomic mass is 16.5. The minimum absolute atomic E-state index is 0.0975. The fourth-order valence-electron chi connectivity index (χ4n) is 3.96. The quantitative estimate of drug-likeness (QED) is 0.320. The molecular weight excluding hydrogens is 448 g/mol. The highest BCUT2D eigenvalue weighted by Crippen LogP contribution is 2.21. The van der Waals surface area contributed by atoms with Gasteiger partial charge in [0.25, 0.3) is 0 Å². The lowest BCUT2D eigenvalue weighted by Gasteiger charge is -2.15. The molecule has 1 heterocycles. The van der Waals surface area contributed by atoms with Gasteiger partial charge in [-0.15, -0.1) is 0 Å². The molecule has 0 aliphatic carbocycles. The van der Waals surface area contributed by atoms with Crippen LogP contribution in [-0.4, -0.2) is 35.6 Å². The van der Waals surface area contributed by atoms with Crippen LogP contribution < -0.4 is 10.7 Å². The molecule has 1 aromatic heterocycles. The second kappa shape index (κ2) is 10.2. The van der Waals surface area contributed by atoms with Gasteiger partial charge in [-0.05, 0) is 56.3 Å². The summed E-state index contributed by atoms with van der Waals surface area (Å²) in [6.45, 7) is 3.58. The molecule has 0 atom stereocenters. The lowest BCUT2D eigenvalue weighted by atomic mass is 10.1. The summed E-state index contributed by atoms with van der Waals surface area (Å²) in [6.07, 6.45) is 0. The van der Waals surface area contributed by atoms with Gasteiger partial charge >= 0.3 is 11.9 Å². The van der Waals surface area contributed by atoms with Crippen molar-refractivity contribution in [3.63, 3.8) is 0 Å². The number of carbonyl (C=O) groups excluding carboxylic acids is 3. The minimum Gasteiger partial charge on any atom is -0.462 e. The predicted molar refractivity (Wildman–Crippen MR) is 133 cm³/mol. The summed E-state index contributed by atoms with van der Waals surface area (Å²) in [4.78, 5) is 50.7. The van der Waals surface area contributed by atoms with E-state index in [0.717, 1.165) is 0 Å². The Bertz CT molecular complexity index is 1410. The van der Waals surface area contributed by atoms with E-state index < -0.39 is 17.8 Å². The van der Waals surface area contributed by atoms with Gasteiger partial charge in [-0.3, -0.25) is 9.59 Å². The fraction of sp³-hybridized carbons (Fsp3) is 0.185. The van der Waals surface area contributed by atoms with Crippen molar-refractivity contribution in [2.24, 2.45) is 0 Å². The maximum atomic E-state index is 13.1. The van der Waals surface area contributed by atoms with Crippen molar-refractivity contribution in [1.82, 2.24) is 4.57 Å². The Hall–Kier alpha value is -4.46. The molecule has 0 unspecified atom stereocenters. The van der Waals surface area contributed by atoms with Crippen LogP contribution in [0.3, 0.4) is 0 Å². The molecule has 35 heavy (non-hydrogen) atoms. The number of para-hydroxylation sites is 2. The van der Waals surface area contributed by atoms with Gasteiger partial charge in [-0.2, -0.15) is 0 Å². The highest BCUT2D eigenvalue weighted by molar-refractivity contribution is 6.00. The molecular formula is C27H24N2O6. The Balaban J connectivity index is 1.72. The molecule has 4 aromatic rings. The SMILES string of the molecule is CCOC(=O)c1cc(NC(=O)Cn2c3ccccc3c(=O)c3ccccc32)cc(C(=O)OCC)c1. The summed E-state index contributed by atoms with van der Waals surface area (Å²) in [6, 6.07) is 18.5. The summed E-state index contributed by atoms with van der Waals surface area (Å²) in [5.41, 5.74) is 1.63. The smallest absolute Gasteiger partial charge is 0.338 e. The third-order valence-electron chi connectivity index (χ3n) is 5.42. The van der Waals surface area contributed by atoms with Crippen molar-refractivity contribution in [1.29, 1.82) is 0 Å². The zero-order valence-corrected chi connectivity index (χ0v) is 19.4. The first-order valence-electron chi connectivity index (χ1n) is 11.2. The van der Waals surface area contributed by atoms with Gasteiger partial charge in [0.05, 0.1) is 35.4 Å². The molecule has 8 heteroatoms. The first kappa shape index (κ1) is 23.7. The molecule has 0 spiro atoms. The molecule has 8 nitrogen and oxygen atoms in total. The van der Waals surface area contributed by atoms with Crippen molar-refractivity contribution in [3.8, 4) is 0 Å². The largest absolute Gasteiger partial charge is 0.462 e. The number of carbonyl (C=O) groups is 3. The lowest BCUT2D eigenvalue weighted by Crippen LogP contribution is -2.22. The summed E-state index contributed by atoms with van der Waals surface area (Å²) >= 11 is 0. The van der Waals surface area contributed by atoms with Crippen molar-refractivity contribution in [2.75, 3.05) is 18.5 Å². The van der Waals surface area contributed by atoms with Crippen LogP contribution in [0.1, 0.15) is 34.6 Å². The molecule has 178 valence electrons. The van der Waals surface area contributed by atoms with Gasteiger partial charge in [0.1, 0.15) is 6.54 Å². The number of anilines is 1. The molecule has 3 aromatic carbocycles. The molecule has 4 rings (SSSR count). The number of aromatic nitrogens is 1. The second-order valence-electron chi connectivity index (χ2n) is 7.74. The molecule has 0 saturated carbocycles. The van der Waals surface area contributed by atoms with Gasteiger partial charge in [0, 0.05) is 16.5 Å². The van der Waals surface area contributed by atoms with Crippen LogP contribution in [0.4, 0.5) is 5.69 Å². The standard InChI is InChI=1S/C27H24N2O6/c1-3-34-26(32)17-13-18(27(33)35-4-2)15-19(14-17)28-24(30)16-29-22-11-7-5-9-20(22)25(31)21-10-6-8-12-23(21)29/h5-15H,3-4,16H2,1-2H3,(H,28,30). The third-order valence-corrected chi connectivity index (χ3v) is 5.42. The number of hydrogen-bond acceptors (Lipinski definition) is 6. The molecule has 0 radical (unpaired) electrons. The number of nitrogens with one attached hydrogen (secondary N) is 1. The number of amides is 1. The average molecular weight is 472 g/mol. The van der Waals surface area contributed by atoms with Crippen molar-refractivity contribution in [2.45, 2.75) is 20.4 Å². The normalized spacial score (nSPS) is 10.8. The molecule has 0 fully saturated rings. The van der Waals surface area contributed by atoms with E-state index in [4.69, 9.17) is 9.47 Å². The number of fused-ring (bicyclic) bond motifs is 2. The highest BCUT2D eigenvalue weighted by Gasteiger charge is 2.17. The van der Waals surface area contributed by atoms with Crippen LogP contribution in [0.25, 0.3) is 21.8 Å². The molecule has 0 aliphatic heterocycles. The van der Waals surface area contributed by atoms with E-state index in [2.05, 4.69) is 5.32 Å². The number of hydrogen-bond donors (Lipinski definition) is 1. The lowest BCUT2D eigenvalue weighted by molar-refractivity contribution is -0.116. The minimum atomic E-state index is -0.619. The summed E-state index contributed by atoms with van der Waals surface area (Å²) in [7, 11) is 0. The number of nitrogens with zero attached hydrogens (tertiary/aromatic N) is 1. The van der Waals surface area contributed by atoms with E-state index in [1.54, 1.807) is 66.9 Å². The number of esters is 2. The van der Waals surface area contributed by atoms with Crippen LogP contribution in [0, 0.1) is 0 Å². The van der Waals surface area contributed by atoms with E-state index in [0.29, 0.717) is 21.8 Å². The first-order valence-corrected chi connectivity index (χ1v) is 11.2. The zero-order chi connectivity index (χ0) is 24.9. The monoisotopic (exact) mass is 472 g/mol. The Morgan fingerprint density at radius 3 is 1.74 bits per heavy atom. The van der Waals surface area contributed by atoms with Crippen molar-refractivity contribution < 1.29 is 23.9 Å². The van der Waals surface area contributed by atoms with Gasteiger partial charge in [0.2, 0.25) is 5.91 Å². The van der Waals surface area contributed by atoms with Crippen LogP contribution in [0.5, 0.6) is 0 Å². The molecule has 0 saturated heterocycles. The van der Waals surface area contributed by atoms with Crippen molar-refractivity contribution >= 4 is 45.3 Å². The second-order valence-corrected chi connectivity index (χ2v) is 7.74. The van der Waals surface area contributed by atoms with Crippen LogP contribution in [0.2, 0.25) is 0 Å². The van der Waals surface area contributed by atoms with Crippen LogP contribution in [-0.2, 0) is 20.8 Å². The molecule has 1 N–H and O–H groups in total. The molecule has 0 aliphatic rings. The molecule has 1 amide bonds. The van der Waals surface area contributed by atoms with E-state index >= 15 is 0 Å². The average Bonchev–Trinajstić information content (AvgIpc) is 2.86. The Kier molecular flexibility index (Phi) is 6.91. The van der Waals surface area contributed by atoms with E-state index in [9.17, 15) is 19.2 Å². The third kappa shape index (κ3) is 4.91. The van der Waals surface area contributed by atoms with Gasteiger partial charge in [0.15, 0.2) is 5.43 Å². The summed E-state index contributed by atoms with van der Waals surface area (Å²) < 4.78 is 11.9. The Morgan fingerprint density at radius 1 is 0.771 bits per heavy atom. The van der Waals surface area contributed by atoms with Gasteiger partial charge in [-0.25, -0.2) is 9.59 Å². The summed E-state index contributed by atoms with van der Waals surface area (Å²) in [5.74, 6) is -1.64. The van der Waals surface area contributed by atoms with Crippen molar-refractivity contribution in [3.05, 3.63) is 88.1 Å². The maximum Gasteiger partial charge on any atom is 0.338 e. The Labute approximate surface area is 201 Å². The van der Waals surface area contributed by atoms with Gasteiger partial charge in [-0.1, -0.05) is 24.3 Å². The number of pyridine rings is 1. The van der Waals surface area contributed by atoms with Gasteiger partial charge < -0.3 is 19.4 Å². The van der Waals surface area contributed by atoms with E-state index in [1.165, 1.54) is 18.2 Å². The topological polar surface area (TPSA) is 104 Å². The maximum absolute atomic E-state index is 13.1. The number of ether oxygens (including phenoxy) is 2. The zero-order valence-electron chi connectivity index (χ0n) is 19.4. The van der Waals surface area contributed by atoms with E-state index in [-0.39, 0.29) is 42.0 Å². The molecule has 0 bridgehead atoms. The first-order chi connectivity index (χ1) is 16.9. The summed E-state index contributed by atoms with van der Waals surface area (Å²) in [5, 5.41) is 3.77. The predicted octanol–water partition coefficient (Wildman–Crippen LogP) is 4.15. The Morgan fingerprint density at radius 2 is 1.26 bits per heavy atom. The van der Waals surface area contributed by atoms with Crippen LogP contribution >= 0.6 is 0 Å². The van der Waals surface area contributed by atoms with E-state index in [1.807, 2.05) is 0 Å². The number of benzene rings is 3. The fourth-order valence-corrected chi connectivity index (χ4v) is 3.96.